The fourth-order valence-electron chi connectivity index (χ4n) is 3.32. The number of carbonyl (C=O) groups excluding carboxylic acids is 1. The summed E-state index contributed by atoms with van der Waals surface area (Å²) in [5, 5.41) is 22.5. The van der Waals surface area contributed by atoms with Crippen LogP contribution in [0.25, 0.3) is 22.6 Å². The number of aromatic nitrogens is 6. The highest BCUT2D eigenvalue weighted by Gasteiger charge is 2.30. The summed E-state index contributed by atoms with van der Waals surface area (Å²) in [6.07, 6.45) is 4.95. The number of hydrogen-bond acceptors (Lipinski definition) is 9. The van der Waals surface area contributed by atoms with E-state index in [0.717, 1.165) is 12.8 Å². The van der Waals surface area contributed by atoms with Crippen molar-refractivity contribution < 1.29 is 14.1 Å². The van der Waals surface area contributed by atoms with Gasteiger partial charge in [0.05, 0.1) is 31.1 Å². The topological polar surface area (TPSA) is 133 Å². The average Bonchev–Trinajstić information content (AvgIpc) is 3.34. The molecule has 3 aromatic heterocycles. The fraction of sp³-hybridized carbons (Fsp3) is 0.238. The molecule has 11 heteroatoms. The smallest absolute Gasteiger partial charge is 0.228 e. The van der Waals surface area contributed by atoms with E-state index in [4.69, 9.17) is 9.26 Å². The molecule has 1 aliphatic carbocycles. The Balaban J connectivity index is 1.54. The van der Waals surface area contributed by atoms with Crippen molar-refractivity contribution in [3.05, 3.63) is 42.8 Å². The van der Waals surface area contributed by atoms with Gasteiger partial charge < -0.3 is 19.9 Å². The normalized spacial score (nSPS) is 13.1. The summed E-state index contributed by atoms with van der Waals surface area (Å²) in [5.74, 6) is 1.48. The van der Waals surface area contributed by atoms with Crippen LogP contribution in [0.15, 0.2) is 47.3 Å². The molecule has 3 heterocycles. The minimum atomic E-state index is -0.0223. The Morgan fingerprint density at radius 1 is 1.22 bits per heavy atom. The molecule has 162 valence electrons. The summed E-state index contributed by atoms with van der Waals surface area (Å²) < 4.78 is 10.7. The minimum absolute atomic E-state index is 0.0223. The van der Waals surface area contributed by atoms with Crippen molar-refractivity contribution in [2.24, 2.45) is 13.0 Å². The number of aryl methyl sites for hydroxylation is 1. The minimum Gasteiger partial charge on any atom is -0.494 e. The fourth-order valence-corrected chi connectivity index (χ4v) is 3.32. The second-order valence-electron chi connectivity index (χ2n) is 7.38. The van der Waals surface area contributed by atoms with Crippen molar-refractivity contribution >= 4 is 23.1 Å². The number of methoxy groups -OCH3 is 1. The van der Waals surface area contributed by atoms with Crippen molar-refractivity contribution in [3.8, 4) is 28.4 Å². The van der Waals surface area contributed by atoms with Gasteiger partial charge >= 0.3 is 0 Å². The molecule has 1 saturated carbocycles. The first-order chi connectivity index (χ1) is 15.6. The zero-order valence-corrected chi connectivity index (χ0v) is 17.4. The van der Waals surface area contributed by atoms with Gasteiger partial charge in [-0.1, -0.05) is 11.2 Å². The van der Waals surface area contributed by atoms with Gasteiger partial charge in [0, 0.05) is 29.8 Å². The summed E-state index contributed by atoms with van der Waals surface area (Å²) in [7, 11) is 3.27. The molecule has 1 aromatic carbocycles. The molecule has 11 nitrogen and oxygen atoms in total. The first-order valence-electron chi connectivity index (χ1n) is 10.0. The second kappa shape index (κ2) is 8.10. The Morgan fingerprint density at radius 2 is 2.09 bits per heavy atom. The zero-order chi connectivity index (χ0) is 22.1. The molecule has 4 aromatic rings. The molecule has 1 fully saturated rings. The van der Waals surface area contributed by atoms with Crippen molar-refractivity contribution in [1.29, 1.82) is 0 Å². The van der Waals surface area contributed by atoms with Crippen molar-refractivity contribution in [2.45, 2.75) is 12.8 Å². The molecule has 0 radical (unpaired) electrons. The van der Waals surface area contributed by atoms with E-state index >= 15 is 0 Å². The van der Waals surface area contributed by atoms with Crippen LogP contribution >= 0.6 is 0 Å². The summed E-state index contributed by atoms with van der Waals surface area (Å²) in [5.41, 5.74) is 3.33. The molecular weight excluding hydrogens is 412 g/mol. The van der Waals surface area contributed by atoms with Crippen molar-refractivity contribution in [1.82, 2.24) is 30.3 Å². The first kappa shape index (κ1) is 19.7. The number of hydrogen-bond donors (Lipinski definition) is 2. The van der Waals surface area contributed by atoms with E-state index in [9.17, 15) is 4.79 Å². The summed E-state index contributed by atoms with van der Waals surface area (Å²) in [6.45, 7) is 0. The Hall–Kier alpha value is -4.28. The number of benzene rings is 1. The van der Waals surface area contributed by atoms with Crippen LogP contribution in [0.5, 0.6) is 5.75 Å². The largest absolute Gasteiger partial charge is 0.494 e. The molecule has 0 atom stereocenters. The third-order valence-electron chi connectivity index (χ3n) is 5.05. The molecule has 1 amide bonds. The number of para-hydroxylation sites is 1. The number of pyridine rings is 1. The molecule has 0 bridgehead atoms. The number of nitrogens with one attached hydrogen (secondary N) is 2. The van der Waals surface area contributed by atoms with Crippen LogP contribution in [-0.2, 0) is 11.8 Å². The molecule has 0 unspecified atom stereocenters. The van der Waals surface area contributed by atoms with E-state index in [1.54, 1.807) is 32.5 Å². The maximum absolute atomic E-state index is 12.2. The van der Waals surface area contributed by atoms with Crippen LogP contribution in [0, 0.1) is 5.92 Å². The lowest BCUT2D eigenvalue weighted by molar-refractivity contribution is -0.117. The lowest BCUT2D eigenvalue weighted by Crippen LogP contribution is -2.14. The maximum Gasteiger partial charge on any atom is 0.228 e. The number of nitrogens with zero attached hydrogens (tertiary/aromatic N) is 6. The number of anilines is 3. The quantitative estimate of drug-likeness (QED) is 0.452. The summed E-state index contributed by atoms with van der Waals surface area (Å²) >= 11 is 0. The van der Waals surface area contributed by atoms with Gasteiger partial charge in [0.15, 0.2) is 5.75 Å². The van der Waals surface area contributed by atoms with E-state index in [2.05, 4.69) is 36.2 Å². The van der Waals surface area contributed by atoms with Crippen LogP contribution < -0.4 is 15.4 Å². The molecule has 1 aliphatic rings. The predicted octanol–water partition coefficient (Wildman–Crippen LogP) is 3.03. The van der Waals surface area contributed by atoms with E-state index in [1.807, 2.05) is 18.2 Å². The van der Waals surface area contributed by atoms with Crippen LogP contribution in [0.2, 0.25) is 0 Å². The highest BCUT2D eigenvalue weighted by Crippen LogP contribution is 2.39. The third kappa shape index (κ3) is 3.87. The van der Waals surface area contributed by atoms with Gasteiger partial charge in [-0.15, -0.1) is 10.2 Å². The molecule has 2 N–H and O–H groups in total. The van der Waals surface area contributed by atoms with Gasteiger partial charge in [-0.3, -0.25) is 4.79 Å². The lowest BCUT2D eigenvalue weighted by atomic mass is 10.1. The second-order valence-corrected chi connectivity index (χ2v) is 7.38. The summed E-state index contributed by atoms with van der Waals surface area (Å²) in [4.78, 5) is 18.0. The Morgan fingerprint density at radius 3 is 2.78 bits per heavy atom. The average molecular weight is 432 g/mol. The van der Waals surface area contributed by atoms with Gasteiger partial charge in [0.2, 0.25) is 11.7 Å². The van der Waals surface area contributed by atoms with Gasteiger partial charge in [0.1, 0.15) is 17.8 Å². The van der Waals surface area contributed by atoms with Crippen LogP contribution in [0.4, 0.5) is 17.2 Å². The predicted molar refractivity (Wildman–Crippen MR) is 115 cm³/mol. The Kier molecular flexibility index (Phi) is 4.98. The molecule has 0 aliphatic heterocycles. The van der Waals surface area contributed by atoms with E-state index < -0.39 is 0 Å². The Bertz CT molecular complexity index is 1260. The maximum atomic E-state index is 12.2. The van der Waals surface area contributed by atoms with Gasteiger partial charge in [-0.05, 0) is 30.2 Å². The molecule has 32 heavy (non-hydrogen) atoms. The Labute approximate surface area is 182 Å². The van der Waals surface area contributed by atoms with Crippen molar-refractivity contribution in [2.75, 3.05) is 17.7 Å². The van der Waals surface area contributed by atoms with Crippen LogP contribution in [-0.4, -0.2) is 43.4 Å². The first-order valence-corrected chi connectivity index (χ1v) is 10.0. The lowest BCUT2D eigenvalue weighted by Gasteiger charge is -2.16. The number of rotatable bonds is 7. The highest BCUT2D eigenvalue weighted by molar-refractivity contribution is 5.94. The van der Waals surface area contributed by atoms with Crippen LogP contribution in [0.1, 0.15) is 12.8 Å². The number of carbonyl (C=O) groups is 1. The highest BCUT2D eigenvalue weighted by atomic mass is 16.5. The SMILES string of the molecule is COc1c(Nc2cc(NC(=O)C3CC3)ncc2-c2ccon2)cccc1-c1nnn(C)n1. The summed E-state index contributed by atoms with van der Waals surface area (Å²) in [6, 6.07) is 9.09. The van der Waals surface area contributed by atoms with Crippen LogP contribution in [0.3, 0.4) is 0 Å². The van der Waals surface area contributed by atoms with E-state index in [0.29, 0.717) is 45.6 Å². The molecule has 0 saturated heterocycles. The van der Waals surface area contributed by atoms with Crippen molar-refractivity contribution in [3.63, 3.8) is 0 Å². The zero-order valence-electron chi connectivity index (χ0n) is 17.4. The standard InChI is InChI=1S/C21H20N8O3/c1-29-26-20(25-28-29)13-4-3-5-16(19(13)31-2)23-17-10-18(24-21(30)12-6-7-12)22-11-14(17)15-8-9-32-27-15/h3-5,8-12H,6-7H2,1-2H3,(H2,22,23,24,30). The molecular formula is C21H20N8O3. The number of tetrazole rings is 1. The molecule has 0 spiro atoms. The third-order valence-corrected chi connectivity index (χ3v) is 5.05. The molecule has 5 rings (SSSR count). The van der Waals surface area contributed by atoms with Gasteiger partial charge in [-0.25, -0.2) is 4.98 Å². The van der Waals surface area contributed by atoms with E-state index in [1.165, 1.54) is 11.1 Å². The number of ether oxygens (including phenoxy) is 1. The number of amides is 1. The monoisotopic (exact) mass is 432 g/mol. The van der Waals surface area contributed by atoms with Gasteiger partial charge in [0.25, 0.3) is 0 Å². The van der Waals surface area contributed by atoms with E-state index in [-0.39, 0.29) is 11.8 Å². The van der Waals surface area contributed by atoms with Gasteiger partial charge in [-0.2, -0.15) is 4.80 Å².